The number of hydrogen-bond donors (Lipinski definition) is 1. The first-order valence-electron chi connectivity index (χ1n) is 7.11. The van der Waals surface area contributed by atoms with Gasteiger partial charge in [0.05, 0.1) is 5.02 Å². The Kier molecular flexibility index (Phi) is 4.24. The summed E-state index contributed by atoms with van der Waals surface area (Å²) in [4.78, 5) is 18.6. The Morgan fingerprint density at radius 3 is 2.73 bits per heavy atom. The number of carbonyl (C=O) groups is 1. The fourth-order valence-corrected chi connectivity index (χ4v) is 2.67. The Bertz CT molecular complexity index is 702. The molecule has 1 amide bonds. The number of anilines is 2. The van der Waals surface area contributed by atoms with Crippen molar-refractivity contribution in [3.63, 3.8) is 0 Å². The minimum atomic E-state index is -0.520. The third-order valence-electron chi connectivity index (χ3n) is 3.62. The van der Waals surface area contributed by atoms with Crippen LogP contribution in [0.4, 0.5) is 15.8 Å². The molecule has 1 saturated heterocycles. The molecule has 1 aliphatic rings. The van der Waals surface area contributed by atoms with Gasteiger partial charge in [-0.2, -0.15) is 0 Å². The van der Waals surface area contributed by atoms with E-state index in [1.54, 1.807) is 12.3 Å². The van der Waals surface area contributed by atoms with Crippen molar-refractivity contribution < 1.29 is 9.18 Å². The largest absolute Gasteiger partial charge is 0.371 e. The molecular weight excluding hydrogens is 305 g/mol. The van der Waals surface area contributed by atoms with Gasteiger partial charge in [-0.05, 0) is 43.2 Å². The highest BCUT2D eigenvalue weighted by atomic mass is 35.5. The van der Waals surface area contributed by atoms with Crippen molar-refractivity contribution in [1.29, 1.82) is 0 Å². The van der Waals surface area contributed by atoms with Gasteiger partial charge in [0.15, 0.2) is 0 Å². The van der Waals surface area contributed by atoms with Crippen LogP contribution in [0.5, 0.6) is 0 Å². The van der Waals surface area contributed by atoms with Gasteiger partial charge in [-0.25, -0.2) is 4.39 Å². The number of nitrogens with zero attached hydrogens (tertiary/aromatic N) is 2. The predicted octanol–water partition coefficient (Wildman–Crippen LogP) is 3.73. The van der Waals surface area contributed by atoms with Crippen LogP contribution in [0, 0.1) is 5.82 Å². The van der Waals surface area contributed by atoms with E-state index < -0.39 is 5.82 Å². The summed E-state index contributed by atoms with van der Waals surface area (Å²) in [5.74, 6) is -0.863. The van der Waals surface area contributed by atoms with Crippen LogP contribution in [0.15, 0.2) is 36.5 Å². The Morgan fingerprint density at radius 1 is 1.23 bits per heavy atom. The number of aromatic nitrogens is 1. The van der Waals surface area contributed by atoms with E-state index in [1.165, 1.54) is 18.2 Å². The molecule has 0 spiro atoms. The quantitative estimate of drug-likeness (QED) is 0.937. The first-order chi connectivity index (χ1) is 10.6. The maximum atomic E-state index is 13.1. The van der Waals surface area contributed by atoms with Gasteiger partial charge in [-0.1, -0.05) is 11.6 Å². The Balaban J connectivity index is 1.76. The van der Waals surface area contributed by atoms with Crippen LogP contribution in [0.3, 0.4) is 0 Å². The van der Waals surface area contributed by atoms with Crippen LogP contribution in [0.1, 0.15) is 23.3 Å². The third-order valence-corrected chi connectivity index (χ3v) is 3.91. The van der Waals surface area contributed by atoms with Gasteiger partial charge in [0.1, 0.15) is 11.5 Å². The van der Waals surface area contributed by atoms with Crippen LogP contribution in [-0.2, 0) is 0 Å². The van der Waals surface area contributed by atoms with E-state index in [0.717, 1.165) is 31.6 Å². The monoisotopic (exact) mass is 319 g/mol. The Hall–Kier alpha value is -2.14. The zero-order chi connectivity index (χ0) is 15.5. The molecule has 2 heterocycles. The molecule has 0 bridgehead atoms. The highest BCUT2D eigenvalue weighted by molar-refractivity contribution is 6.31. The molecule has 1 N–H and O–H groups in total. The molecule has 1 aliphatic heterocycles. The number of hydrogen-bond acceptors (Lipinski definition) is 3. The van der Waals surface area contributed by atoms with Crippen LogP contribution in [0.2, 0.25) is 5.02 Å². The summed E-state index contributed by atoms with van der Waals surface area (Å²) in [6.07, 6.45) is 3.95. The van der Waals surface area contributed by atoms with E-state index in [4.69, 9.17) is 11.6 Å². The molecule has 0 unspecified atom stereocenters. The number of amides is 1. The molecule has 2 aromatic rings. The predicted molar refractivity (Wildman–Crippen MR) is 85.0 cm³/mol. The van der Waals surface area contributed by atoms with Crippen LogP contribution in [0.25, 0.3) is 0 Å². The van der Waals surface area contributed by atoms with Crippen LogP contribution >= 0.6 is 11.6 Å². The number of halogens is 2. The number of rotatable bonds is 3. The Morgan fingerprint density at radius 2 is 2.00 bits per heavy atom. The van der Waals surface area contributed by atoms with Crippen molar-refractivity contribution in [3.05, 3.63) is 53.1 Å². The number of benzene rings is 1. The van der Waals surface area contributed by atoms with E-state index in [9.17, 15) is 9.18 Å². The van der Waals surface area contributed by atoms with E-state index in [1.807, 2.05) is 6.07 Å². The molecule has 0 atom stereocenters. The van der Waals surface area contributed by atoms with Crippen molar-refractivity contribution in [2.75, 3.05) is 23.3 Å². The van der Waals surface area contributed by atoms with Crippen LogP contribution < -0.4 is 10.2 Å². The number of nitrogens with one attached hydrogen (secondary N) is 1. The first-order valence-corrected chi connectivity index (χ1v) is 7.49. The van der Waals surface area contributed by atoms with Crippen molar-refractivity contribution in [2.24, 2.45) is 0 Å². The van der Waals surface area contributed by atoms with Crippen molar-refractivity contribution in [2.45, 2.75) is 12.8 Å². The van der Waals surface area contributed by atoms with Gasteiger partial charge in [0.2, 0.25) is 0 Å². The van der Waals surface area contributed by atoms with Crippen molar-refractivity contribution >= 4 is 28.9 Å². The van der Waals surface area contributed by atoms with Gasteiger partial charge in [-0.15, -0.1) is 0 Å². The molecule has 1 aromatic carbocycles. The first kappa shape index (κ1) is 14.8. The molecule has 3 rings (SSSR count). The third kappa shape index (κ3) is 3.20. The summed E-state index contributed by atoms with van der Waals surface area (Å²) in [7, 11) is 0. The highest BCUT2D eigenvalue weighted by Crippen LogP contribution is 2.22. The average Bonchev–Trinajstić information content (AvgIpc) is 3.05. The summed E-state index contributed by atoms with van der Waals surface area (Å²) in [6, 6.07) is 7.72. The van der Waals surface area contributed by atoms with Gasteiger partial charge >= 0.3 is 0 Å². The minimum absolute atomic E-state index is 0.0309. The van der Waals surface area contributed by atoms with Gasteiger partial charge < -0.3 is 10.2 Å². The second-order valence-corrected chi connectivity index (χ2v) is 5.58. The molecular formula is C16H15ClFN3O. The number of carbonyl (C=O) groups excluding carboxylic acids is 1. The SMILES string of the molecule is O=C(Nc1ccc(F)c(Cl)c1)c1cc(N2CCCC2)ccn1. The standard InChI is InChI=1S/C16H15ClFN3O/c17-13-9-11(3-4-14(13)18)20-16(22)15-10-12(5-6-19-15)21-7-1-2-8-21/h3-6,9-10H,1-2,7-8H2,(H,20,22). The van der Waals surface area contributed by atoms with Gasteiger partial charge in [0.25, 0.3) is 5.91 Å². The second kappa shape index (κ2) is 6.32. The van der Waals surface area contributed by atoms with Crippen molar-refractivity contribution in [3.8, 4) is 0 Å². The lowest BCUT2D eigenvalue weighted by Gasteiger charge is -2.17. The zero-order valence-electron chi connectivity index (χ0n) is 11.9. The lowest BCUT2D eigenvalue weighted by molar-refractivity contribution is 0.102. The molecule has 1 aromatic heterocycles. The van der Waals surface area contributed by atoms with E-state index in [-0.39, 0.29) is 10.9 Å². The summed E-state index contributed by atoms with van der Waals surface area (Å²) < 4.78 is 13.1. The molecule has 0 saturated carbocycles. The number of pyridine rings is 1. The average molecular weight is 320 g/mol. The fraction of sp³-hybridized carbons (Fsp3) is 0.250. The summed E-state index contributed by atoms with van der Waals surface area (Å²) in [5, 5.41) is 2.64. The van der Waals surface area contributed by atoms with E-state index in [2.05, 4.69) is 15.2 Å². The maximum Gasteiger partial charge on any atom is 0.274 e. The Labute approximate surface area is 132 Å². The molecule has 6 heteroatoms. The smallest absolute Gasteiger partial charge is 0.274 e. The minimum Gasteiger partial charge on any atom is -0.371 e. The maximum absolute atomic E-state index is 13.1. The van der Waals surface area contributed by atoms with Gasteiger partial charge in [0, 0.05) is 30.7 Å². The molecule has 4 nitrogen and oxygen atoms in total. The van der Waals surface area contributed by atoms with E-state index in [0.29, 0.717) is 11.4 Å². The van der Waals surface area contributed by atoms with E-state index >= 15 is 0 Å². The zero-order valence-corrected chi connectivity index (χ0v) is 12.6. The van der Waals surface area contributed by atoms with Crippen molar-refractivity contribution in [1.82, 2.24) is 4.98 Å². The van der Waals surface area contributed by atoms with Crippen LogP contribution in [-0.4, -0.2) is 24.0 Å². The fourth-order valence-electron chi connectivity index (χ4n) is 2.48. The molecule has 22 heavy (non-hydrogen) atoms. The summed E-state index contributed by atoms with van der Waals surface area (Å²) >= 11 is 5.71. The topological polar surface area (TPSA) is 45.2 Å². The molecule has 0 radical (unpaired) electrons. The highest BCUT2D eigenvalue weighted by Gasteiger charge is 2.15. The van der Waals surface area contributed by atoms with Gasteiger partial charge in [-0.3, -0.25) is 9.78 Å². The summed E-state index contributed by atoms with van der Waals surface area (Å²) in [6.45, 7) is 2.00. The lowest BCUT2D eigenvalue weighted by Crippen LogP contribution is -2.19. The molecule has 1 fully saturated rings. The molecule has 114 valence electrons. The normalized spacial score (nSPS) is 14.2. The second-order valence-electron chi connectivity index (χ2n) is 5.18. The summed E-state index contributed by atoms with van der Waals surface area (Å²) in [5.41, 5.74) is 1.75. The molecule has 0 aliphatic carbocycles. The lowest BCUT2D eigenvalue weighted by atomic mass is 10.2.